The van der Waals surface area contributed by atoms with Crippen LogP contribution in [0.15, 0.2) is 0 Å². The second-order valence-corrected chi connectivity index (χ2v) is 3.76. The maximum absolute atomic E-state index is 7.03. The van der Waals surface area contributed by atoms with Gasteiger partial charge in [-0.3, -0.25) is 5.41 Å². The van der Waals surface area contributed by atoms with Crippen LogP contribution in [0.5, 0.6) is 0 Å². The van der Waals surface area contributed by atoms with Crippen LogP contribution in [0.25, 0.3) is 0 Å². The first-order valence-electron chi connectivity index (χ1n) is 5.27. The minimum absolute atomic E-state index is 0.250. The average molecular weight is 200 g/mol. The molecule has 0 aromatic rings. The number of hydrogen-bond donors (Lipinski definition) is 2. The van der Waals surface area contributed by atoms with E-state index in [1.807, 2.05) is 0 Å². The topological polar surface area (TPSA) is 68.3 Å². The third kappa shape index (κ3) is 5.19. The fraction of sp³-hybridized carbons (Fsp3) is 0.900. The lowest BCUT2D eigenvalue weighted by molar-refractivity contribution is 0.0204. The number of rotatable bonds is 6. The van der Waals surface area contributed by atoms with Gasteiger partial charge in [0.2, 0.25) is 0 Å². The molecule has 1 fully saturated rings. The predicted octanol–water partition coefficient (Wildman–Crippen LogP) is 1.15. The first kappa shape index (κ1) is 11.5. The number of ether oxygens (including phenoxy) is 2. The Morgan fingerprint density at radius 2 is 2.14 bits per heavy atom. The highest BCUT2D eigenvalue weighted by atomic mass is 16.5. The van der Waals surface area contributed by atoms with Gasteiger partial charge in [-0.25, -0.2) is 0 Å². The third-order valence-electron chi connectivity index (χ3n) is 2.43. The van der Waals surface area contributed by atoms with E-state index in [4.69, 9.17) is 20.6 Å². The van der Waals surface area contributed by atoms with Crippen LogP contribution >= 0.6 is 0 Å². The maximum Gasteiger partial charge on any atom is 0.0906 e. The Labute approximate surface area is 85.3 Å². The van der Waals surface area contributed by atoms with Crippen molar-refractivity contribution in [3.8, 4) is 0 Å². The second kappa shape index (κ2) is 6.79. The van der Waals surface area contributed by atoms with Crippen LogP contribution in [0.4, 0.5) is 0 Å². The van der Waals surface area contributed by atoms with Crippen LogP contribution in [-0.2, 0) is 9.47 Å². The van der Waals surface area contributed by atoms with Crippen LogP contribution in [0.2, 0.25) is 0 Å². The van der Waals surface area contributed by atoms with Crippen molar-refractivity contribution in [1.29, 1.82) is 5.41 Å². The monoisotopic (exact) mass is 200 g/mol. The summed E-state index contributed by atoms with van der Waals surface area (Å²) in [7, 11) is 0. The highest BCUT2D eigenvalue weighted by Crippen LogP contribution is 2.14. The van der Waals surface area contributed by atoms with E-state index in [2.05, 4.69) is 0 Å². The number of nitrogens with one attached hydrogen (secondary N) is 1. The van der Waals surface area contributed by atoms with E-state index in [1.165, 1.54) is 0 Å². The second-order valence-electron chi connectivity index (χ2n) is 3.76. The molecule has 4 heteroatoms. The third-order valence-corrected chi connectivity index (χ3v) is 2.43. The highest BCUT2D eigenvalue weighted by molar-refractivity contribution is 5.76. The van der Waals surface area contributed by atoms with Crippen LogP contribution in [-0.4, -0.2) is 32.3 Å². The number of amidine groups is 1. The normalized spacial score (nSPS) is 18.3. The summed E-state index contributed by atoms with van der Waals surface area (Å²) in [4.78, 5) is 0. The van der Waals surface area contributed by atoms with Crippen LogP contribution in [0.1, 0.15) is 25.7 Å². The molecular weight excluding hydrogens is 180 g/mol. The predicted molar refractivity (Wildman–Crippen MR) is 55.5 cm³/mol. The summed E-state index contributed by atoms with van der Waals surface area (Å²) < 4.78 is 10.8. The Morgan fingerprint density at radius 1 is 1.43 bits per heavy atom. The molecule has 14 heavy (non-hydrogen) atoms. The summed E-state index contributed by atoms with van der Waals surface area (Å²) >= 11 is 0. The molecule has 0 radical (unpaired) electrons. The highest BCUT2D eigenvalue weighted by Gasteiger charge is 2.13. The Hall–Kier alpha value is -0.610. The molecule has 0 aromatic carbocycles. The van der Waals surface area contributed by atoms with E-state index >= 15 is 0 Å². The van der Waals surface area contributed by atoms with Gasteiger partial charge in [0.1, 0.15) is 0 Å². The fourth-order valence-corrected chi connectivity index (χ4v) is 1.53. The Bertz CT molecular complexity index is 168. The molecule has 0 atom stereocenters. The molecule has 0 saturated carbocycles. The summed E-state index contributed by atoms with van der Waals surface area (Å²) in [6.07, 6.45) is 3.74. The Balaban J connectivity index is 1.90. The van der Waals surface area contributed by atoms with Crippen molar-refractivity contribution >= 4 is 5.84 Å². The molecule has 0 aliphatic carbocycles. The van der Waals surface area contributed by atoms with Gasteiger partial charge in [0, 0.05) is 32.8 Å². The zero-order valence-electron chi connectivity index (χ0n) is 8.63. The molecule has 0 aromatic heterocycles. The van der Waals surface area contributed by atoms with Gasteiger partial charge in [0.25, 0.3) is 0 Å². The smallest absolute Gasteiger partial charge is 0.0906 e. The SMILES string of the molecule is N=C(N)CCCOCC1CCOCC1. The van der Waals surface area contributed by atoms with Gasteiger partial charge in [-0.2, -0.15) is 0 Å². The lowest BCUT2D eigenvalue weighted by Crippen LogP contribution is -2.20. The van der Waals surface area contributed by atoms with Crippen molar-refractivity contribution < 1.29 is 9.47 Å². The number of nitrogens with two attached hydrogens (primary N) is 1. The summed E-state index contributed by atoms with van der Waals surface area (Å²) in [5.41, 5.74) is 5.23. The van der Waals surface area contributed by atoms with Gasteiger partial charge in [-0.1, -0.05) is 0 Å². The van der Waals surface area contributed by atoms with Crippen molar-refractivity contribution in [2.75, 3.05) is 26.4 Å². The Morgan fingerprint density at radius 3 is 2.79 bits per heavy atom. The number of hydrogen-bond acceptors (Lipinski definition) is 3. The minimum Gasteiger partial charge on any atom is -0.388 e. The molecular formula is C10H20N2O2. The zero-order valence-corrected chi connectivity index (χ0v) is 8.63. The molecule has 1 rings (SSSR count). The zero-order chi connectivity index (χ0) is 10.2. The van der Waals surface area contributed by atoms with Gasteiger partial charge < -0.3 is 15.2 Å². The lowest BCUT2D eigenvalue weighted by atomic mass is 10.0. The van der Waals surface area contributed by atoms with Crippen molar-refractivity contribution in [2.24, 2.45) is 11.7 Å². The van der Waals surface area contributed by atoms with E-state index in [-0.39, 0.29) is 5.84 Å². The van der Waals surface area contributed by atoms with Crippen molar-refractivity contribution in [3.63, 3.8) is 0 Å². The summed E-state index contributed by atoms with van der Waals surface area (Å²) in [5, 5.41) is 7.03. The van der Waals surface area contributed by atoms with Gasteiger partial charge in [0.15, 0.2) is 0 Å². The van der Waals surface area contributed by atoms with E-state index in [1.54, 1.807) is 0 Å². The molecule has 1 aliphatic rings. The molecule has 1 saturated heterocycles. The minimum atomic E-state index is 0.250. The van der Waals surface area contributed by atoms with E-state index in [0.717, 1.165) is 45.7 Å². The molecule has 1 aliphatic heterocycles. The van der Waals surface area contributed by atoms with Crippen LogP contribution in [0, 0.1) is 11.3 Å². The van der Waals surface area contributed by atoms with Crippen molar-refractivity contribution in [2.45, 2.75) is 25.7 Å². The van der Waals surface area contributed by atoms with Crippen LogP contribution < -0.4 is 5.73 Å². The van der Waals surface area contributed by atoms with E-state index in [0.29, 0.717) is 12.3 Å². The molecule has 0 spiro atoms. The lowest BCUT2D eigenvalue weighted by Gasteiger charge is -2.21. The van der Waals surface area contributed by atoms with E-state index < -0.39 is 0 Å². The van der Waals surface area contributed by atoms with Crippen molar-refractivity contribution in [1.82, 2.24) is 0 Å². The van der Waals surface area contributed by atoms with Crippen LogP contribution in [0.3, 0.4) is 0 Å². The first-order chi connectivity index (χ1) is 6.79. The molecule has 1 heterocycles. The Kier molecular flexibility index (Phi) is 5.56. The standard InChI is InChI=1S/C10H20N2O2/c11-10(12)2-1-5-14-8-9-3-6-13-7-4-9/h9H,1-8H2,(H3,11,12). The average Bonchev–Trinajstić information content (AvgIpc) is 2.18. The van der Waals surface area contributed by atoms with Gasteiger partial charge >= 0.3 is 0 Å². The summed E-state index contributed by atoms with van der Waals surface area (Å²) in [5.74, 6) is 0.917. The quantitative estimate of drug-likeness (QED) is 0.384. The molecule has 0 amide bonds. The molecule has 3 N–H and O–H groups in total. The van der Waals surface area contributed by atoms with Gasteiger partial charge in [-0.15, -0.1) is 0 Å². The summed E-state index contributed by atoms with van der Waals surface area (Å²) in [6, 6.07) is 0. The summed E-state index contributed by atoms with van der Waals surface area (Å²) in [6.45, 7) is 3.31. The first-order valence-corrected chi connectivity index (χ1v) is 5.27. The molecule has 82 valence electrons. The molecule has 0 bridgehead atoms. The fourth-order valence-electron chi connectivity index (χ4n) is 1.53. The maximum atomic E-state index is 7.03. The molecule has 0 unspecified atom stereocenters. The van der Waals surface area contributed by atoms with Crippen molar-refractivity contribution in [3.05, 3.63) is 0 Å². The largest absolute Gasteiger partial charge is 0.388 e. The van der Waals surface area contributed by atoms with E-state index in [9.17, 15) is 0 Å². The van der Waals surface area contributed by atoms with Gasteiger partial charge in [0.05, 0.1) is 5.84 Å². The molecule has 4 nitrogen and oxygen atoms in total. The van der Waals surface area contributed by atoms with Gasteiger partial charge in [-0.05, 0) is 25.2 Å².